The minimum Gasteiger partial charge on any atom is -0.0622 e. The van der Waals surface area contributed by atoms with E-state index in [9.17, 15) is 0 Å². The third kappa shape index (κ3) is 1.91. The Kier molecular flexibility index (Phi) is 2.95. The molecule has 0 saturated heterocycles. The maximum Gasteiger partial charge on any atom is -0.00586 e. The van der Waals surface area contributed by atoms with Crippen molar-refractivity contribution in [2.45, 2.75) is 31.6 Å². The normalized spacial score (nSPS) is 25.0. The average molecular weight is 260 g/mol. The van der Waals surface area contributed by atoms with Crippen LogP contribution in [0.1, 0.15) is 42.7 Å². The van der Waals surface area contributed by atoms with Crippen LogP contribution in [0.3, 0.4) is 0 Å². The molecule has 20 heavy (non-hydrogen) atoms. The summed E-state index contributed by atoms with van der Waals surface area (Å²) in [7, 11) is 0. The van der Waals surface area contributed by atoms with Crippen molar-refractivity contribution in [1.29, 1.82) is 0 Å². The second kappa shape index (κ2) is 4.94. The molecular weight excluding hydrogens is 240 g/mol. The van der Waals surface area contributed by atoms with Crippen LogP contribution in [0.15, 0.2) is 66.2 Å². The zero-order chi connectivity index (χ0) is 13.4. The molecule has 0 aromatic heterocycles. The maximum absolute atomic E-state index is 2.30. The lowest BCUT2D eigenvalue weighted by molar-refractivity contribution is 0.328. The topological polar surface area (TPSA) is 0 Å². The van der Waals surface area contributed by atoms with Crippen molar-refractivity contribution in [3.63, 3.8) is 0 Å². The SMILES string of the molecule is c1ccc(C2=C3C[C@H](c4ccccc4)[C@H]3CCC2)cc1. The molecule has 0 nitrogen and oxygen atoms in total. The van der Waals surface area contributed by atoms with Gasteiger partial charge in [-0.25, -0.2) is 0 Å². The largest absolute Gasteiger partial charge is 0.0622 e. The summed E-state index contributed by atoms with van der Waals surface area (Å²) in [5.74, 6) is 1.58. The first kappa shape index (κ1) is 12.0. The second-order valence-electron chi connectivity index (χ2n) is 6.09. The lowest BCUT2D eigenvalue weighted by Crippen LogP contribution is -2.30. The third-order valence-corrected chi connectivity index (χ3v) is 5.05. The molecule has 0 unspecified atom stereocenters. The van der Waals surface area contributed by atoms with Gasteiger partial charge >= 0.3 is 0 Å². The van der Waals surface area contributed by atoms with Crippen molar-refractivity contribution in [2.24, 2.45) is 5.92 Å². The fourth-order valence-corrected chi connectivity index (χ4v) is 4.01. The Morgan fingerprint density at radius 2 is 1.45 bits per heavy atom. The van der Waals surface area contributed by atoms with Gasteiger partial charge in [-0.15, -0.1) is 0 Å². The quantitative estimate of drug-likeness (QED) is 0.675. The summed E-state index contributed by atoms with van der Waals surface area (Å²) in [6.07, 6.45) is 5.28. The van der Waals surface area contributed by atoms with Gasteiger partial charge in [-0.05, 0) is 54.2 Å². The third-order valence-electron chi connectivity index (χ3n) is 5.05. The molecule has 0 bridgehead atoms. The van der Waals surface area contributed by atoms with Crippen LogP contribution in [0.2, 0.25) is 0 Å². The van der Waals surface area contributed by atoms with Gasteiger partial charge in [0.1, 0.15) is 0 Å². The lowest BCUT2D eigenvalue weighted by Gasteiger charge is -2.45. The molecule has 0 spiro atoms. The Balaban J connectivity index is 1.66. The van der Waals surface area contributed by atoms with Gasteiger partial charge in [0, 0.05) is 0 Å². The van der Waals surface area contributed by atoms with E-state index < -0.39 is 0 Å². The van der Waals surface area contributed by atoms with Crippen molar-refractivity contribution < 1.29 is 0 Å². The van der Waals surface area contributed by atoms with Crippen LogP contribution in [-0.4, -0.2) is 0 Å². The highest BCUT2D eigenvalue weighted by atomic mass is 14.4. The van der Waals surface area contributed by atoms with E-state index in [0.717, 1.165) is 11.8 Å². The molecule has 0 heterocycles. The molecule has 0 radical (unpaired) electrons. The molecule has 0 N–H and O–H groups in total. The van der Waals surface area contributed by atoms with Gasteiger partial charge in [0.15, 0.2) is 0 Å². The molecule has 2 aromatic carbocycles. The zero-order valence-corrected chi connectivity index (χ0v) is 11.8. The Bertz CT molecular complexity index is 622. The number of rotatable bonds is 2. The van der Waals surface area contributed by atoms with E-state index in [-0.39, 0.29) is 0 Å². The molecular formula is C20H20. The summed E-state index contributed by atoms with van der Waals surface area (Å²) in [6.45, 7) is 0. The van der Waals surface area contributed by atoms with E-state index in [1.807, 2.05) is 0 Å². The molecule has 1 fully saturated rings. The van der Waals surface area contributed by atoms with Gasteiger partial charge in [-0.1, -0.05) is 66.2 Å². The van der Waals surface area contributed by atoms with Gasteiger partial charge in [-0.3, -0.25) is 0 Å². The maximum atomic E-state index is 2.30. The number of benzene rings is 2. The average Bonchev–Trinajstić information content (AvgIpc) is 2.50. The van der Waals surface area contributed by atoms with Gasteiger partial charge < -0.3 is 0 Å². The molecule has 2 aliphatic rings. The Morgan fingerprint density at radius 3 is 2.20 bits per heavy atom. The highest BCUT2D eigenvalue weighted by Gasteiger charge is 2.40. The molecule has 0 amide bonds. The highest BCUT2D eigenvalue weighted by molar-refractivity contribution is 5.72. The lowest BCUT2D eigenvalue weighted by atomic mass is 9.59. The summed E-state index contributed by atoms with van der Waals surface area (Å²) in [6, 6.07) is 22.1. The molecule has 2 aliphatic carbocycles. The van der Waals surface area contributed by atoms with Crippen LogP contribution >= 0.6 is 0 Å². The first-order chi connectivity index (χ1) is 9.93. The minimum absolute atomic E-state index is 0.769. The molecule has 2 atom stereocenters. The van der Waals surface area contributed by atoms with Crippen LogP contribution < -0.4 is 0 Å². The van der Waals surface area contributed by atoms with Crippen molar-refractivity contribution in [2.75, 3.05) is 0 Å². The minimum atomic E-state index is 0.769. The number of fused-ring (bicyclic) bond motifs is 1. The smallest absolute Gasteiger partial charge is 0.00586 e. The summed E-state index contributed by atoms with van der Waals surface area (Å²) in [5.41, 5.74) is 6.39. The van der Waals surface area contributed by atoms with Crippen molar-refractivity contribution >= 4 is 5.57 Å². The van der Waals surface area contributed by atoms with Crippen LogP contribution in [0.5, 0.6) is 0 Å². The van der Waals surface area contributed by atoms with Gasteiger partial charge in [-0.2, -0.15) is 0 Å². The van der Waals surface area contributed by atoms with Crippen molar-refractivity contribution in [3.8, 4) is 0 Å². The first-order valence-corrected chi connectivity index (χ1v) is 7.76. The fourth-order valence-electron chi connectivity index (χ4n) is 4.01. The number of allylic oxidation sites excluding steroid dienone is 2. The second-order valence-corrected chi connectivity index (χ2v) is 6.09. The van der Waals surface area contributed by atoms with Crippen LogP contribution in [0.4, 0.5) is 0 Å². The monoisotopic (exact) mass is 260 g/mol. The van der Waals surface area contributed by atoms with Gasteiger partial charge in [0.25, 0.3) is 0 Å². The Labute approximate surface area is 121 Å². The van der Waals surface area contributed by atoms with E-state index >= 15 is 0 Å². The Morgan fingerprint density at radius 1 is 0.750 bits per heavy atom. The molecule has 0 aliphatic heterocycles. The fraction of sp³-hybridized carbons (Fsp3) is 0.300. The van der Waals surface area contributed by atoms with Crippen LogP contribution in [0.25, 0.3) is 5.57 Å². The summed E-state index contributed by atoms with van der Waals surface area (Å²) < 4.78 is 0. The Hall–Kier alpha value is -1.82. The van der Waals surface area contributed by atoms with E-state index in [2.05, 4.69) is 60.7 Å². The van der Waals surface area contributed by atoms with Crippen LogP contribution in [-0.2, 0) is 0 Å². The zero-order valence-electron chi connectivity index (χ0n) is 11.8. The predicted molar refractivity (Wildman–Crippen MR) is 84.5 cm³/mol. The van der Waals surface area contributed by atoms with E-state index in [1.54, 1.807) is 11.1 Å². The first-order valence-electron chi connectivity index (χ1n) is 7.76. The molecule has 4 rings (SSSR count). The van der Waals surface area contributed by atoms with Crippen LogP contribution in [0, 0.1) is 5.92 Å². The van der Waals surface area contributed by atoms with E-state index in [0.29, 0.717) is 0 Å². The summed E-state index contributed by atoms with van der Waals surface area (Å²) >= 11 is 0. The molecule has 100 valence electrons. The van der Waals surface area contributed by atoms with Crippen molar-refractivity contribution in [3.05, 3.63) is 77.4 Å². The number of hydrogen-bond donors (Lipinski definition) is 0. The van der Waals surface area contributed by atoms with Gasteiger partial charge in [0.05, 0.1) is 0 Å². The van der Waals surface area contributed by atoms with E-state index in [1.165, 1.54) is 36.8 Å². The molecule has 2 aromatic rings. The van der Waals surface area contributed by atoms with E-state index in [4.69, 9.17) is 0 Å². The van der Waals surface area contributed by atoms with Crippen molar-refractivity contribution in [1.82, 2.24) is 0 Å². The summed E-state index contributed by atoms with van der Waals surface area (Å²) in [4.78, 5) is 0. The standard InChI is InChI=1S/C20H20/c1-3-8-15(9-4-1)17-12-7-13-18-19(14-20(17)18)16-10-5-2-6-11-16/h1-6,8-11,18-19H,7,12-14H2/t18-,19-/m1/s1. The molecule has 1 saturated carbocycles. The van der Waals surface area contributed by atoms with Gasteiger partial charge in [0.2, 0.25) is 0 Å². The summed E-state index contributed by atoms with van der Waals surface area (Å²) in [5, 5.41) is 0. The predicted octanol–water partition coefficient (Wildman–Crippen LogP) is 5.43. The highest BCUT2D eigenvalue weighted by Crippen LogP contribution is 2.55. The number of hydrogen-bond acceptors (Lipinski definition) is 0. The molecule has 0 heteroatoms.